The Hall–Kier alpha value is -4.86. The van der Waals surface area contributed by atoms with Gasteiger partial charge in [0.05, 0.1) is 33.8 Å². The van der Waals surface area contributed by atoms with Crippen LogP contribution in [0.2, 0.25) is 5.02 Å². The van der Waals surface area contributed by atoms with E-state index in [1.165, 1.54) is 0 Å². The molecular weight excluding hydrogens is 522 g/mol. The van der Waals surface area contributed by atoms with E-state index in [9.17, 15) is 20.0 Å². The van der Waals surface area contributed by atoms with E-state index < -0.39 is 11.5 Å². The number of nitrogens with one attached hydrogen (secondary N) is 1. The minimum absolute atomic E-state index is 0.207. The van der Waals surface area contributed by atoms with Gasteiger partial charge in [-0.25, -0.2) is 4.79 Å². The second-order valence-electron chi connectivity index (χ2n) is 10.1. The van der Waals surface area contributed by atoms with Crippen LogP contribution < -0.4 is 5.32 Å². The van der Waals surface area contributed by atoms with Gasteiger partial charge < -0.3 is 15.0 Å². The number of halogens is 1. The standard InChI is InChI=1S/C33H24ClN3O3/c34-28-6-2-4-22(16-28)20-37-14-11-25-17-26(24-5-1-3-21(15-24)19-35)18-29(30(25)37)31(38)36-33(12-13-33)27-9-7-23(8-10-27)32(39)40/h1-11,14-18H,12-13,20H2,(H,36,38)(H,39,40). The van der Waals surface area contributed by atoms with E-state index >= 15 is 0 Å². The van der Waals surface area contributed by atoms with Crippen molar-refractivity contribution in [2.24, 2.45) is 0 Å². The van der Waals surface area contributed by atoms with Crippen LogP contribution in [0.4, 0.5) is 0 Å². The van der Waals surface area contributed by atoms with E-state index in [4.69, 9.17) is 11.6 Å². The number of aromatic carboxylic acids is 1. The van der Waals surface area contributed by atoms with Crippen molar-refractivity contribution in [3.05, 3.63) is 130 Å². The van der Waals surface area contributed by atoms with Crippen LogP contribution in [0.25, 0.3) is 22.0 Å². The van der Waals surface area contributed by atoms with Crippen molar-refractivity contribution in [3.63, 3.8) is 0 Å². The van der Waals surface area contributed by atoms with Gasteiger partial charge >= 0.3 is 5.97 Å². The zero-order valence-electron chi connectivity index (χ0n) is 21.4. The fraction of sp³-hybridized carbons (Fsp3) is 0.121. The molecule has 1 amide bonds. The molecule has 6 nitrogen and oxygen atoms in total. The Labute approximate surface area is 236 Å². The first kappa shape index (κ1) is 25.4. The third-order valence-corrected chi connectivity index (χ3v) is 7.69. The Bertz CT molecular complexity index is 1830. The minimum Gasteiger partial charge on any atom is -0.478 e. The van der Waals surface area contributed by atoms with Crippen molar-refractivity contribution in [1.29, 1.82) is 5.26 Å². The second kappa shape index (κ2) is 10.0. The van der Waals surface area contributed by atoms with Crippen molar-refractivity contribution >= 4 is 34.4 Å². The van der Waals surface area contributed by atoms with Crippen molar-refractivity contribution in [2.75, 3.05) is 0 Å². The summed E-state index contributed by atoms with van der Waals surface area (Å²) in [5, 5.41) is 23.5. The molecule has 196 valence electrons. The van der Waals surface area contributed by atoms with Crippen LogP contribution in [0, 0.1) is 11.3 Å². The number of hydrogen-bond donors (Lipinski definition) is 2. The lowest BCUT2D eigenvalue weighted by molar-refractivity contribution is 0.0696. The van der Waals surface area contributed by atoms with Crippen molar-refractivity contribution < 1.29 is 14.7 Å². The molecule has 0 aliphatic heterocycles. The zero-order valence-corrected chi connectivity index (χ0v) is 22.2. The molecule has 1 saturated carbocycles. The molecule has 1 fully saturated rings. The van der Waals surface area contributed by atoms with Crippen LogP contribution in [0.3, 0.4) is 0 Å². The monoisotopic (exact) mass is 545 g/mol. The van der Waals surface area contributed by atoms with Crippen molar-refractivity contribution in [2.45, 2.75) is 24.9 Å². The normalized spacial score (nSPS) is 13.5. The zero-order chi connectivity index (χ0) is 27.9. The van der Waals surface area contributed by atoms with Gasteiger partial charge in [-0.15, -0.1) is 0 Å². The van der Waals surface area contributed by atoms with E-state index in [1.54, 1.807) is 30.3 Å². The highest BCUT2D eigenvalue weighted by molar-refractivity contribution is 6.30. The van der Waals surface area contributed by atoms with Gasteiger partial charge in [0, 0.05) is 23.2 Å². The minimum atomic E-state index is -0.986. The molecule has 0 saturated heterocycles. The highest BCUT2D eigenvalue weighted by Gasteiger charge is 2.46. The summed E-state index contributed by atoms with van der Waals surface area (Å²) in [7, 11) is 0. The molecule has 7 heteroatoms. The Morgan fingerprint density at radius 2 is 1.73 bits per heavy atom. The number of fused-ring (bicyclic) bond motifs is 1. The maximum atomic E-state index is 14.0. The lowest BCUT2D eigenvalue weighted by Gasteiger charge is -2.20. The van der Waals surface area contributed by atoms with E-state index in [-0.39, 0.29) is 11.5 Å². The predicted molar refractivity (Wildman–Crippen MR) is 154 cm³/mol. The first-order valence-corrected chi connectivity index (χ1v) is 13.3. The lowest BCUT2D eigenvalue weighted by Crippen LogP contribution is -2.35. The molecule has 0 bridgehead atoms. The first-order chi connectivity index (χ1) is 19.3. The van der Waals surface area contributed by atoms with Crippen LogP contribution >= 0.6 is 11.6 Å². The largest absolute Gasteiger partial charge is 0.478 e. The first-order valence-electron chi connectivity index (χ1n) is 12.9. The van der Waals surface area contributed by atoms with Gasteiger partial charge in [0.1, 0.15) is 0 Å². The Balaban J connectivity index is 1.43. The van der Waals surface area contributed by atoms with Crippen LogP contribution in [0.5, 0.6) is 0 Å². The molecule has 40 heavy (non-hydrogen) atoms. The highest BCUT2D eigenvalue weighted by atomic mass is 35.5. The van der Waals surface area contributed by atoms with Gasteiger partial charge in [0.15, 0.2) is 0 Å². The van der Waals surface area contributed by atoms with Gasteiger partial charge in [-0.05, 0) is 89.7 Å². The number of rotatable bonds is 7. The van der Waals surface area contributed by atoms with Gasteiger partial charge in [-0.2, -0.15) is 5.26 Å². The number of carbonyl (C=O) groups excluding carboxylic acids is 1. The summed E-state index contributed by atoms with van der Waals surface area (Å²) in [5.74, 6) is -1.20. The number of carbonyl (C=O) groups is 2. The van der Waals surface area contributed by atoms with Crippen LogP contribution in [0.1, 0.15) is 50.2 Å². The average Bonchev–Trinajstić information content (AvgIpc) is 3.64. The summed E-state index contributed by atoms with van der Waals surface area (Å²) in [6.45, 7) is 0.537. The number of amides is 1. The smallest absolute Gasteiger partial charge is 0.335 e. The molecule has 1 aromatic heterocycles. The van der Waals surface area contributed by atoms with Gasteiger partial charge in [-0.3, -0.25) is 4.79 Å². The summed E-state index contributed by atoms with van der Waals surface area (Å²) >= 11 is 6.23. The van der Waals surface area contributed by atoms with Crippen LogP contribution in [-0.2, 0) is 12.1 Å². The summed E-state index contributed by atoms with van der Waals surface area (Å²) in [6, 6.07) is 29.8. The van der Waals surface area contributed by atoms with Crippen molar-refractivity contribution in [3.8, 4) is 17.2 Å². The molecule has 6 rings (SSSR count). The third kappa shape index (κ3) is 4.84. The highest BCUT2D eigenvalue weighted by Crippen LogP contribution is 2.46. The molecule has 5 aromatic rings. The molecule has 0 radical (unpaired) electrons. The quantitative estimate of drug-likeness (QED) is 0.230. The maximum Gasteiger partial charge on any atom is 0.335 e. The van der Waals surface area contributed by atoms with E-state index in [2.05, 4.69) is 11.4 Å². The van der Waals surface area contributed by atoms with E-state index in [1.807, 2.05) is 71.4 Å². The SMILES string of the molecule is N#Cc1cccc(-c2cc(C(=O)NC3(c4ccc(C(=O)O)cc4)CC3)c3c(ccn3Cc3cccc(Cl)c3)c2)c1. The molecule has 1 aliphatic carbocycles. The summed E-state index contributed by atoms with van der Waals surface area (Å²) in [6.07, 6.45) is 3.50. The summed E-state index contributed by atoms with van der Waals surface area (Å²) < 4.78 is 2.05. The van der Waals surface area contributed by atoms with Gasteiger partial charge in [0.25, 0.3) is 5.91 Å². The third-order valence-electron chi connectivity index (χ3n) is 7.46. The molecule has 4 aromatic carbocycles. The lowest BCUT2D eigenvalue weighted by atomic mass is 9.97. The molecule has 0 atom stereocenters. The summed E-state index contributed by atoms with van der Waals surface area (Å²) in [5.41, 5.74) is 5.12. The Morgan fingerprint density at radius 1 is 0.950 bits per heavy atom. The molecule has 0 spiro atoms. The average molecular weight is 546 g/mol. The van der Waals surface area contributed by atoms with E-state index in [0.717, 1.165) is 46.0 Å². The van der Waals surface area contributed by atoms with Crippen LogP contribution in [0.15, 0.2) is 97.2 Å². The number of aromatic nitrogens is 1. The van der Waals surface area contributed by atoms with Gasteiger partial charge in [0.2, 0.25) is 0 Å². The Kier molecular flexibility index (Phi) is 6.37. The predicted octanol–water partition coefficient (Wildman–Crippen LogP) is 7.00. The molecule has 1 heterocycles. The topological polar surface area (TPSA) is 95.1 Å². The molecule has 1 aliphatic rings. The van der Waals surface area contributed by atoms with Gasteiger partial charge in [-0.1, -0.05) is 48.0 Å². The summed E-state index contributed by atoms with van der Waals surface area (Å²) in [4.78, 5) is 25.3. The number of carboxylic acids is 1. The molecular formula is C33H24ClN3O3. The molecule has 2 N–H and O–H groups in total. The van der Waals surface area contributed by atoms with Crippen LogP contribution in [-0.4, -0.2) is 21.6 Å². The van der Waals surface area contributed by atoms with Crippen molar-refractivity contribution in [1.82, 2.24) is 9.88 Å². The number of nitriles is 1. The fourth-order valence-electron chi connectivity index (χ4n) is 5.25. The number of nitrogens with zero attached hydrogens (tertiary/aromatic N) is 2. The second-order valence-corrected chi connectivity index (χ2v) is 10.6. The molecule has 0 unspecified atom stereocenters. The fourth-order valence-corrected chi connectivity index (χ4v) is 5.46. The van der Waals surface area contributed by atoms with E-state index in [0.29, 0.717) is 22.7 Å². The maximum absolute atomic E-state index is 14.0. The Morgan fingerprint density at radius 3 is 2.42 bits per heavy atom. The number of hydrogen-bond acceptors (Lipinski definition) is 3. The number of benzene rings is 4. The number of carboxylic acid groups (broad SMARTS) is 1.